The van der Waals surface area contributed by atoms with E-state index in [-0.39, 0.29) is 18.3 Å². The number of rotatable bonds is 15. The Labute approximate surface area is 225 Å². The molecule has 2 aromatic rings. The second kappa shape index (κ2) is 16.3. The van der Waals surface area contributed by atoms with Crippen LogP contribution in [-0.2, 0) is 5.41 Å². The number of quaternary nitrogens is 1. The summed E-state index contributed by atoms with van der Waals surface area (Å²) < 4.78 is 0.995. The lowest BCUT2D eigenvalue weighted by Gasteiger charge is -2.34. The van der Waals surface area contributed by atoms with Crippen LogP contribution in [0.4, 0.5) is 0 Å². The second-order valence-corrected chi connectivity index (χ2v) is 12.5. The third-order valence-corrected chi connectivity index (χ3v) is 7.82. The average molecular weight is 498 g/mol. The number of unbranched alkanes of at least 4 members (excludes halogenated alkanes) is 2. The normalized spacial score (nSPS) is 14.3. The van der Waals surface area contributed by atoms with E-state index in [1.165, 1.54) is 68.1 Å². The van der Waals surface area contributed by atoms with Gasteiger partial charge in [0.1, 0.15) is 0 Å². The summed E-state index contributed by atoms with van der Waals surface area (Å²) in [6.45, 7) is 13.1. The summed E-state index contributed by atoms with van der Waals surface area (Å²) in [6.07, 6.45) is 10.7. The van der Waals surface area contributed by atoms with E-state index >= 15 is 0 Å². The van der Waals surface area contributed by atoms with E-state index in [1.807, 2.05) is 0 Å². The zero-order valence-corrected chi connectivity index (χ0v) is 24.2. The molecule has 0 aliphatic heterocycles. The molecule has 0 radical (unpaired) electrons. The Hall–Kier alpha value is -1.64. The highest BCUT2D eigenvalue weighted by atomic mass is 16.0. The van der Waals surface area contributed by atoms with Crippen LogP contribution in [0.5, 0.6) is 0 Å². The highest BCUT2D eigenvalue weighted by Crippen LogP contribution is 2.32. The molecule has 3 unspecified atom stereocenters. The first kappa shape index (κ1) is 34.4. The highest BCUT2D eigenvalue weighted by Gasteiger charge is 2.28. The topological polar surface area (TPSA) is 30.0 Å². The molecular formula is C34H59NO. The van der Waals surface area contributed by atoms with Crippen molar-refractivity contribution < 1.29 is 9.96 Å². The molecule has 0 fully saturated rings. The SMILES string of the molecule is C.CCC(CCCCCC(CC)c1ccccc1)CC(C)c1ccc(C(C)(C)C[N+](C)(C)C)cc1.[OH-]. The molecule has 1 N–H and O–H groups in total. The van der Waals surface area contributed by atoms with Gasteiger partial charge in [0, 0.05) is 5.41 Å². The van der Waals surface area contributed by atoms with Crippen molar-refractivity contribution in [1.82, 2.24) is 0 Å². The van der Waals surface area contributed by atoms with Crippen LogP contribution in [0.25, 0.3) is 0 Å². The number of likely N-dealkylation sites (N-methyl/N-ethyl adjacent to an activating group) is 1. The van der Waals surface area contributed by atoms with Crippen LogP contribution in [-0.4, -0.2) is 37.6 Å². The zero-order chi connectivity index (χ0) is 25.2. The monoisotopic (exact) mass is 497 g/mol. The molecule has 3 atom stereocenters. The Morgan fingerprint density at radius 3 is 1.86 bits per heavy atom. The van der Waals surface area contributed by atoms with Gasteiger partial charge in [0.15, 0.2) is 0 Å². The predicted octanol–water partition coefficient (Wildman–Crippen LogP) is 9.79. The third-order valence-electron chi connectivity index (χ3n) is 7.82. The molecule has 0 amide bonds. The summed E-state index contributed by atoms with van der Waals surface area (Å²) >= 11 is 0. The molecule has 0 bridgehead atoms. The molecule has 206 valence electrons. The van der Waals surface area contributed by atoms with Crippen molar-refractivity contribution in [3.8, 4) is 0 Å². The predicted molar refractivity (Wildman–Crippen MR) is 160 cm³/mol. The van der Waals surface area contributed by atoms with Crippen LogP contribution < -0.4 is 0 Å². The molecule has 2 heteroatoms. The van der Waals surface area contributed by atoms with E-state index in [1.54, 1.807) is 0 Å². The van der Waals surface area contributed by atoms with Crippen LogP contribution in [0.2, 0.25) is 0 Å². The molecule has 0 saturated carbocycles. The standard InChI is InChI=1S/C33H54N.CH4.H2O/c1-9-28(17-13-11-14-18-29(10-2)31-19-15-12-16-20-31)25-27(3)30-21-23-32(24-22-30)33(4,5)26-34(6,7)8;;/h12,15-16,19-24,27-29H,9-11,13-14,17-18,25-26H2,1-8H3;1H4;1H2/q+1;;/p-1. The lowest BCUT2D eigenvalue weighted by atomic mass is 9.81. The Balaban J connectivity index is 0.00000612. The van der Waals surface area contributed by atoms with E-state index in [2.05, 4.69) is 110 Å². The van der Waals surface area contributed by atoms with Gasteiger partial charge in [0.05, 0.1) is 27.7 Å². The Kier molecular flexibility index (Phi) is 15.5. The molecular weight excluding hydrogens is 438 g/mol. The van der Waals surface area contributed by atoms with Crippen molar-refractivity contribution in [1.29, 1.82) is 0 Å². The van der Waals surface area contributed by atoms with Crippen molar-refractivity contribution in [3.05, 3.63) is 71.3 Å². The zero-order valence-electron chi connectivity index (χ0n) is 24.2. The van der Waals surface area contributed by atoms with Crippen LogP contribution in [0, 0.1) is 5.92 Å². The Bertz CT molecular complexity index is 803. The minimum atomic E-state index is 0. The van der Waals surface area contributed by atoms with Gasteiger partial charge in [-0.05, 0) is 53.7 Å². The van der Waals surface area contributed by atoms with Gasteiger partial charge < -0.3 is 9.96 Å². The van der Waals surface area contributed by atoms with Gasteiger partial charge in [-0.3, -0.25) is 0 Å². The summed E-state index contributed by atoms with van der Waals surface area (Å²) in [4.78, 5) is 0. The van der Waals surface area contributed by atoms with Crippen molar-refractivity contribution in [2.75, 3.05) is 27.7 Å². The maximum atomic E-state index is 2.43. The molecule has 0 heterocycles. The highest BCUT2D eigenvalue weighted by molar-refractivity contribution is 5.30. The van der Waals surface area contributed by atoms with E-state index < -0.39 is 0 Å². The number of nitrogens with zero attached hydrogens (tertiary/aromatic N) is 1. The number of hydrogen-bond donors (Lipinski definition) is 0. The fraction of sp³-hybridized carbons (Fsp3) is 0.647. The fourth-order valence-electron chi connectivity index (χ4n) is 6.00. The first-order valence-corrected chi connectivity index (χ1v) is 14.0. The first-order chi connectivity index (χ1) is 16.1. The molecule has 0 aliphatic rings. The molecule has 2 nitrogen and oxygen atoms in total. The van der Waals surface area contributed by atoms with E-state index in [4.69, 9.17) is 0 Å². The Morgan fingerprint density at radius 2 is 1.33 bits per heavy atom. The van der Waals surface area contributed by atoms with Crippen LogP contribution in [0.1, 0.15) is 122 Å². The lowest BCUT2D eigenvalue weighted by Crippen LogP contribution is -2.44. The minimum Gasteiger partial charge on any atom is -0.870 e. The second-order valence-electron chi connectivity index (χ2n) is 12.5. The van der Waals surface area contributed by atoms with Gasteiger partial charge in [0.2, 0.25) is 0 Å². The summed E-state index contributed by atoms with van der Waals surface area (Å²) in [7, 11) is 6.86. The van der Waals surface area contributed by atoms with Crippen LogP contribution in [0.15, 0.2) is 54.6 Å². The molecule has 2 rings (SSSR count). The fourth-order valence-corrected chi connectivity index (χ4v) is 6.00. The van der Waals surface area contributed by atoms with Crippen molar-refractivity contribution >= 4 is 0 Å². The van der Waals surface area contributed by atoms with Crippen molar-refractivity contribution in [3.63, 3.8) is 0 Å². The summed E-state index contributed by atoms with van der Waals surface area (Å²) in [5.41, 5.74) is 4.70. The summed E-state index contributed by atoms with van der Waals surface area (Å²) in [5, 5.41) is 0. The maximum absolute atomic E-state index is 2.43. The molecule has 0 aromatic heterocycles. The summed E-state index contributed by atoms with van der Waals surface area (Å²) in [6, 6.07) is 20.7. The number of benzene rings is 2. The van der Waals surface area contributed by atoms with Crippen molar-refractivity contribution in [2.45, 2.75) is 111 Å². The van der Waals surface area contributed by atoms with Crippen LogP contribution in [0.3, 0.4) is 0 Å². The molecule has 2 aromatic carbocycles. The summed E-state index contributed by atoms with van der Waals surface area (Å²) in [5.74, 6) is 2.22. The quantitative estimate of drug-likeness (QED) is 0.178. The number of hydrogen-bond acceptors (Lipinski definition) is 1. The molecule has 0 aliphatic carbocycles. The molecule has 0 spiro atoms. The smallest absolute Gasteiger partial charge is 0.0873 e. The van der Waals surface area contributed by atoms with Gasteiger partial charge in [-0.1, -0.05) is 129 Å². The third kappa shape index (κ3) is 11.6. The van der Waals surface area contributed by atoms with Gasteiger partial charge in [-0.25, -0.2) is 0 Å². The Morgan fingerprint density at radius 1 is 0.750 bits per heavy atom. The molecule has 0 saturated heterocycles. The maximum Gasteiger partial charge on any atom is 0.0873 e. The van der Waals surface area contributed by atoms with E-state index in [0.717, 1.165) is 22.9 Å². The minimum absolute atomic E-state index is 0. The van der Waals surface area contributed by atoms with Crippen molar-refractivity contribution in [2.24, 2.45) is 5.92 Å². The van der Waals surface area contributed by atoms with Gasteiger partial charge in [-0.15, -0.1) is 0 Å². The van der Waals surface area contributed by atoms with Gasteiger partial charge in [-0.2, -0.15) is 0 Å². The van der Waals surface area contributed by atoms with Gasteiger partial charge in [0.25, 0.3) is 0 Å². The molecule has 36 heavy (non-hydrogen) atoms. The van der Waals surface area contributed by atoms with Gasteiger partial charge >= 0.3 is 0 Å². The largest absolute Gasteiger partial charge is 0.870 e. The first-order valence-electron chi connectivity index (χ1n) is 14.0. The van der Waals surface area contributed by atoms with E-state index in [9.17, 15) is 0 Å². The lowest BCUT2D eigenvalue weighted by molar-refractivity contribution is -0.874. The van der Waals surface area contributed by atoms with E-state index in [0.29, 0.717) is 5.92 Å². The van der Waals surface area contributed by atoms with Crippen LogP contribution >= 0.6 is 0 Å². The average Bonchev–Trinajstić information content (AvgIpc) is 2.79.